The Balaban J connectivity index is 1.60. The molecule has 0 saturated carbocycles. The van der Waals surface area contributed by atoms with Gasteiger partial charge in [0.25, 0.3) is 0 Å². The van der Waals surface area contributed by atoms with Crippen molar-refractivity contribution in [3.8, 4) is 17.1 Å². The molecule has 2 heterocycles. The molecular formula is C22H19FN2O2. The Bertz CT molecular complexity index is 1060. The number of halogens is 1. The van der Waals surface area contributed by atoms with Gasteiger partial charge in [-0.1, -0.05) is 18.2 Å². The lowest BCUT2D eigenvalue weighted by molar-refractivity contribution is 0.410. The molecule has 0 unspecified atom stereocenters. The fourth-order valence-electron chi connectivity index (χ4n) is 3.08. The second kappa shape index (κ2) is 7.60. The number of ether oxygens (including phenoxy) is 1. The Morgan fingerprint density at radius 1 is 1.04 bits per heavy atom. The van der Waals surface area contributed by atoms with E-state index in [1.54, 1.807) is 31.5 Å². The van der Waals surface area contributed by atoms with Crippen molar-refractivity contribution >= 4 is 11.0 Å². The molecule has 0 saturated heterocycles. The minimum absolute atomic E-state index is 0.311. The van der Waals surface area contributed by atoms with Crippen molar-refractivity contribution in [3.05, 3.63) is 83.9 Å². The third-order valence-electron chi connectivity index (χ3n) is 4.38. The van der Waals surface area contributed by atoms with Crippen molar-refractivity contribution in [3.63, 3.8) is 0 Å². The summed E-state index contributed by atoms with van der Waals surface area (Å²) in [5.74, 6) is 0.809. The smallest absolute Gasteiger partial charge is 0.176 e. The van der Waals surface area contributed by atoms with E-state index < -0.39 is 0 Å². The topological polar surface area (TPSA) is 47.3 Å². The third-order valence-corrected chi connectivity index (χ3v) is 4.38. The molecule has 0 aliphatic rings. The first-order chi connectivity index (χ1) is 13.2. The maximum absolute atomic E-state index is 14.1. The van der Waals surface area contributed by atoms with Gasteiger partial charge in [0.2, 0.25) is 0 Å². The molecule has 2 aromatic carbocycles. The first kappa shape index (κ1) is 17.2. The molecule has 5 heteroatoms. The SMILES string of the molecule is COc1cc(CNCc2cccnc2)cc2cc(-c3ccccc3F)oc12. The number of nitrogens with zero attached hydrogens (tertiary/aromatic N) is 1. The molecule has 2 aromatic heterocycles. The summed E-state index contributed by atoms with van der Waals surface area (Å²) in [6, 6.07) is 16.3. The minimum Gasteiger partial charge on any atom is -0.493 e. The van der Waals surface area contributed by atoms with E-state index in [2.05, 4.69) is 10.3 Å². The average Bonchev–Trinajstić information content (AvgIpc) is 3.12. The molecule has 4 nitrogen and oxygen atoms in total. The zero-order valence-electron chi connectivity index (χ0n) is 14.9. The van der Waals surface area contributed by atoms with Crippen LogP contribution in [0, 0.1) is 5.82 Å². The molecule has 0 atom stereocenters. The van der Waals surface area contributed by atoms with Gasteiger partial charge in [-0.15, -0.1) is 0 Å². The second-order valence-corrected chi connectivity index (χ2v) is 6.27. The summed E-state index contributed by atoms with van der Waals surface area (Å²) in [5.41, 5.74) is 3.23. The summed E-state index contributed by atoms with van der Waals surface area (Å²) < 4.78 is 25.5. The summed E-state index contributed by atoms with van der Waals surface area (Å²) in [4.78, 5) is 4.11. The fourth-order valence-corrected chi connectivity index (χ4v) is 3.08. The monoisotopic (exact) mass is 362 g/mol. The summed E-state index contributed by atoms with van der Waals surface area (Å²) in [6.45, 7) is 1.39. The van der Waals surface area contributed by atoms with Gasteiger partial charge in [-0.05, 0) is 47.5 Å². The number of furan rings is 1. The van der Waals surface area contributed by atoms with E-state index in [9.17, 15) is 4.39 Å². The van der Waals surface area contributed by atoms with Gasteiger partial charge in [0.1, 0.15) is 11.6 Å². The van der Waals surface area contributed by atoms with Crippen LogP contribution in [0.2, 0.25) is 0 Å². The van der Waals surface area contributed by atoms with Crippen LogP contribution in [0.3, 0.4) is 0 Å². The van der Waals surface area contributed by atoms with Gasteiger partial charge in [0.15, 0.2) is 11.3 Å². The molecule has 0 spiro atoms. The summed E-state index contributed by atoms with van der Waals surface area (Å²) in [7, 11) is 1.60. The Kier molecular flexibility index (Phi) is 4.85. The predicted octanol–water partition coefficient (Wildman–Crippen LogP) is 4.93. The molecule has 136 valence electrons. The van der Waals surface area contributed by atoms with Crippen LogP contribution >= 0.6 is 0 Å². The number of nitrogens with one attached hydrogen (secondary N) is 1. The Morgan fingerprint density at radius 3 is 2.67 bits per heavy atom. The number of aromatic nitrogens is 1. The molecule has 0 aliphatic heterocycles. The maximum Gasteiger partial charge on any atom is 0.176 e. The van der Waals surface area contributed by atoms with E-state index in [0.717, 1.165) is 23.1 Å². The molecule has 1 N–H and O–H groups in total. The normalized spacial score (nSPS) is 11.0. The Morgan fingerprint density at radius 2 is 1.89 bits per heavy atom. The van der Waals surface area contributed by atoms with Gasteiger partial charge >= 0.3 is 0 Å². The lowest BCUT2D eigenvalue weighted by Gasteiger charge is -2.07. The van der Waals surface area contributed by atoms with Gasteiger partial charge in [-0.3, -0.25) is 4.98 Å². The summed E-state index contributed by atoms with van der Waals surface area (Å²) >= 11 is 0. The number of methoxy groups -OCH3 is 1. The molecular weight excluding hydrogens is 343 g/mol. The number of pyridine rings is 1. The van der Waals surface area contributed by atoms with Crippen LogP contribution in [-0.2, 0) is 13.1 Å². The quantitative estimate of drug-likeness (QED) is 0.528. The largest absolute Gasteiger partial charge is 0.493 e. The van der Waals surface area contributed by atoms with Crippen molar-refractivity contribution in [1.29, 1.82) is 0 Å². The number of hydrogen-bond donors (Lipinski definition) is 1. The Hall–Kier alpha value is -3.18. The van der Waals surface area contributed by atoms with Crippen LogP contribution in [0.25, 0.3) is 22.3 Å². The van der Waals surface area contributed by atoms with Crippen molar-refractivity contribution in [2.24, 2.45) is 0 Å². The van der Waals surface area contributed by atoms with Crippen LogP contribution in [0.4, 0.5) is 4.39 Å². The average molecular weight is 362 g/mol. The van der Waals surface area contributed by atoms with Gasteiger partial charge in [0.05, 0.1) is 12.7 Å². The number of rotatable bonds is 6. The van der Waals surface area contributed by atoms with Crippen molar-refractivity contribution < 1.29 is 13.5 Å². The van der Waals surface area contributed by atoms with Crippen LogP contribution < -0.4 is 10.1 Å². The third kappa shape index (κ3) is 3.68. The molecule has 0 aliphatic carbocycles. The Labute approximate surface area is 156 Å². The fraction of sp³-hybridized carbons (Fsp3) is 0.136. The summed E-state index contributed by atoms with van der Waals surface area (Å²) in [5, 5.41) is 4.28. The summed E-state index contributed by atoms with van der Waals surface area (Å²) in [6.07, 6.45) is 3.60. The van der Waals surface area contributed by atoms with Crippen molar-refractivity contribution in [2.45, 2.75) is 13.1 Å². The highest BCUT2D eigenvalue weighted by Crippen LogP contribution is 2.35. The molecule has 0 amide bonds. The number of hydrogen-bond acceptors (Lipinski definition) is 4. The van der Waals surface area contributed by atoms with Gasteiger partial charge in [-0.2, -0.15) is 0 Å². The molecule has 4 aromatic rings. The highest BCUT2D eigenvalue weighted by Gasteiger charge is 2.14. The van der Waals surface area contributed by atoms with Gasteiger partial charge < -0.3 is 14.5 Å². The molecule has 4 rings (SSSR count). The van der Waals surface area contributed by atoms with E-state index in [1.165, 1.54) is 6.07 Å². The van der Waals surface area contributed by atoms with Crippen molar-refractivity contribution in [2.75, 3.05) is 7.11 Å². The maximum atomic E-state index is 14.1. The molecule has 0 radical (unpaired) electrons. The predicted molar refractivity (Wildman–Crippen MR) is 103 cm³/mol. The van der Waals surface area contributed by atoms with E-state index in [4.69, 9.17) is 9.15 Å². The highest BCUT2D eigenvalue weighted by molar-refractivity contribution is 5.88. The lowest BCUT2D eigenvalue weighted by atomic mass is 10.1. The first-order valence-electron chi connectivity index (χ1n) is 8.69. The van der Waals surface area contributed by atoms with Crippen LogP contribution in [-0.4, -0.2) is 12.1 Å². The number of benzene rings is 2. The second-order valence-electron chi connectivity index (χ2n) is 6.27. The van der Waals surface area contributed by atoms with Gasteiger partial charge in [0, 0.05) is 30.9 Å². The number of fused-ring (bicyclic) bond motifs is 1. The van der Waals surface area contributed by atoms with Crippen LogP contribution in [0.15, 0.2) is 71.4 Å². The van der Waals surface area contributed by atoms with E-state index >= 15 is 0 Å². The zero-order valence-corrected chi connectivity index (χ0v) is 14.9. The lowest BCUT2D eigenvalue weighted by Crippen LogP contribution is -2.12. The van der Waals surface area contributed by atoms with Gasteiger partial charge in [-0.25, -0.2) is 4.39 Å². The highest BCUT2D eigenvalue weighted by atomic mass is 19.1. The molecule has 0 fully saturated rings. The van der Waals surface area contributed by atoms with E-state index in [0.29, 0.717) is 29.2 Å². The minimum atomic E-state index is -0.311. The van der Waals surface area contributed by atoms with E-state index in [-0.39, 0.29) is 5.82 Å². The molecule has 27 heavy (non-hydrogen) atoms. The standard InChI is InChI=1S/C22H19FN2O2/c1-26-21-10-16(14-25-13-15-5-4-8-24-12-15)9-17-11-20(27-22(17)21)18-6-2-3-7-19(18)23/h2-12,25H,13-14H2,1H3. The first-order valence-corrected chi connectivity index (χ1v) is 8.69. The van der Waals surface area contributed by atoms with Crippen molar-refractivity contribution in [1.82, 2.24) is 10.3 Å². The molecule has 0 bridgehead atoms. The van der Waals surface area contributed by atoms with E-state index in [1.807, 2.05) is 36.5 Å². The van der Waals surface area contributed by atoms with Crippen LogP contribution in [0.5, 0.6) is 5.75 Å². The van der Waals surface area contributed by atoms with Crippen LogP contribution in [0.1, 0.15) is 11.1 Å². The zero-order chi connectivity index (χ0) is 18.6.